The van der Waals surface area contributed by atoms with Gasteiger partial charge in [0.1, 0.15) is 11.2 Å². The fourth-order valence-corrected chi connectivity index (χ4v) is 6.64. The van der Waals surface area contributed by atoms with E-state index >= 15 is 0 Å². The lowest BCUT2D eigenvalue weighted by Gasteiger charge is -2.14. The van der Waals surface area contributed by atoms with Gasteiger partial charge in [-0.15, -0.1) is 0 Å². The average molecular weight is 649 g/mol. The predicted molar refractivity (Wildman–Crippen MR) is 203 cm³/mol. The summed E-state index contributed by atoms with van der Waals surface area (Å²) in [7, 11) is 0. The van der Waals surface area contributed by atoms with Crippen molar-refractivity contribution in [2.75, 3.05) is 0 Å². The van der Waals surface area contributed by atoms with E-state index in [-0.39, 0.29) is 75.8 Å². The van der Waals surface area contributed by atoms with Crippen LogP contribution in [0.25, 0.3) is 94.7 Å². The lowest BCUT2D eigenvalue weighted by Crippen LogP contribution is -2.00. The summed E-state index contributed by atoms with van der Waals surface area (Å²) in [5.74, 6) is 1.44. The highest BCUT2D eigenvalue weighted by Gasteiger charge is 2.20. The standard InChI is InChI=1S/C45H28N4O/c1-3-14-29(15-4-1)43-46-44(30-16-5-2-6-17-30)48-45(47-43)35-21-13-25-41-42(35)36-28-31(26-27-40(36)50-41)32-18-7-10-22-37(32)49-38-23-11-8-19-33(38)34-20-9-12-24-39(34)49/h1-28H/i8D,9D,10D,18D,19D,20D,23D,24D. The first kappa shape index (κ1) is 21.2. The number of fused-ring (bicyclic) bond motifs is 6. The number of aromatic nitrogens is 4. The number of furan rings is 1. The van der Waals surface area contributed by atoms with Gasteiger partial charge in [-0.3, -0.25) is 0 Å². The molecule has 7 aromatic carbocycles. The maximum absolute atomic E-state index is 9.28. The Morgan fingerprint density at radius 2 is 1.10 bits per heavy atom. The zero-order valence-corrected chi connectivity index (χ0v) is 26.2. The van der Waals surface area contributed by atoms with Gasteiger partial charge in [0.2, 0.25) is 0 Å². The number of para-hydroxylation sites is 3. The predicted octanol–water partition coefficient (Wildman–Crippen LogP) is 11.5. The summed E-state index contributed by atoms with van der Waals surface area (Å²) in [5, 5.41) is 1.62. The van der Waals surface area contributed by atoms with E-state index in [1.807, 2.05) is 97.1 Å². The molecule has 0 bridgehead atoms. The van der Waals surface area contributed by atoms with Crippen LogP contribution in [0, 0.1) is 0 Å². The summed E-state index contributed by atoms with van der Waals surface area (Å²) in [5.41, 5.74) is 5.00. The van der Waals surface area contributed by atoms with Crippen molar-refractivity contribution in [3.05, 3.63) is 170 Å². The maximum Gasteiger partial charge on any atom is 0.164 e. The molecule has 0 amide bonds. The summed E-state index contributed by atoms with van der Waals surface area (Å²) >= 11 is 0. The van der Waals surface area contributed by atoms with Crippen molar-refractivity contribution >= 4 is 43.7 Å². The van der Waals surface area contributed by atoms with Crippen molar-refractivity contribution < 1.29 is 15.4 Å². The summed E-state index contributed by atoms with van der Waals surface area (Å²) in [6.07, 6.45) is 0. The third-order valence-corrected chi connectivity index (χ3v) is 8.87. The second-order valence-corrected chi connectivity index (χ2v) is 11.8. The molecule has 5 heteroatoms. The smallest absolute Gasteiger partial charge is 0.164 e. The Balaban J connectivity index is 1.25. The second-order valence-electron chi connectivity index (χ2n) is 11.8. The molecule has 0 fully saturated rings. The first-order chi connectivity index (χ1) is 28.1. The van der Waals surface area contributed by atoms with Gasteiger partial charge in [0.25, 0.3) is 0 Å². The van der Waals surface area contributed by atoms with E-state index in [4.69, 9.17) is 29.0 Å². The Morgan fingerprint density at radius 3 is 1.78 bits per heavy atom. The topological polar surface area (TPSA) is 56.7 Å². The van der Waals surface area contributed by atoms with Gasteiger partial charge < -0.3 is 8.98 Å². The Hall–Kier alpha value is -6.85. The van der Waals surface area contributed by atoms with Gasteiger partial charge in [0, 0.05) is 43.8 Å². The molecule has 0 spiro atoms. The van der Waals surface area contributed by atoms with Crippen LogP contribution in [-0.2, 0) is 0 Å². The molecule has 234 valence electrons. The van der Waals surface area contributed by atoms with Crippen LogP contribution in [0.5, 0.6) is 0 Å². The van der Waals surface area contributed by atoms with E-state index in [9.17, 15) is 1.37 Å². The zero-order valence-electron chi connectivity index (χ0n) is 34.2. The van der Waals surface area contributed by atoms with Gasteiger partial charge in [-0.25, -0.2) is 15.0 Å². The van der Waals surface area contributed by atoms with E-state index in [0.717, 1.165) is 16.5 Å². The van der Waals surface area contributed by atoms with Gasteiger partial charge in [0.15, 0.2) is 17.5 Å². The first-order valence-corrected chi connectivity index (χ1v) is 16.0. The molecule has 0 unspecified atom stereocenters. The maximum atomic E-state index is 9.28. The third kappa shape index (κ3) is 4.52. The van der Waals surface area contributed by atoms with Crippen molar-refractivity contribution in [2.24, 2.45) is 0 Å². The Bertz CT molecular complexity index is 3200. The van der Waals surface area contributed by atoms with Gasteiger partial charge in [0.05, 0.1) is 27.7 Å². The van der Waals surface area contributed by atoms with Crippen LogP contribution < -0.4 is 0 Å². The summed E-state index contributed by atoms with van der Waals surface area (Å²) in [6.45, 7) is 0. The quantitative estimate of drug-likeness (QED) is 0.186. The van der Waals surface area contributed by atoms with Gasteiger partial charge >= 0.3 is 0 Å². The molecule has 10 aromatic rings. The van der Waals surface area contributed by atoms with Crippen LogP contribution in [-0.4, -0.2) is 19.5 Å². The zero-order chi connectivity index (χ0) is 40.0. The minimum Gasteiger partial charge on any atom is -0.456 e. The molecule has 50 heavy (non-hydrogen) atoms. The van der Waals surface area contributed by atoms with Crippen molar-refractivity contribution in [3.63, 3.8) is 0 Å². The number of hydrogen-bond acceptors (Lipinski definition) is 4. The highest BCUT2D eigenvalue weighted by Crippen LogP contribution is 2.41. The molecular formula is C45H28N4O. The van der Waals surface area contributed by atoms with Gasteiger partial charge in [-0.2, -0.15) is 0 Å². The van der Waals surface area contributed by atoms with Crippen molar-refractivity contribution in [1.29, 1.82) is 0 Å². The van der Waals surface area contributed by atoms with Gasteiger partial charge in [-0.05, 0) is 41.9 Å². The van der Waals surface area contributed by atoms with Crippen molar-refractivity contribution in [1.82, 2.24) is 19.5 Å². The third-order valence-electron chi connectivity index (χ3n) is 8.87. The molecule has 3 heterocycles. The molecule has 10 rings (SSSR count). The molecule has 0 radical (unpaired) electrons. The molecule has 0 aliphatic carbocycles. The summed E-state index contributed by atoms with van der Waals surface area (Å²) in [6, 6.07) is 34.8. The Labute approximate surface area is 299 Å². The van der Waals surface area contributed by atoms with E-state index in [1.165, 1.54) is 24.3 Å². The molecule has 3 aromatic heterocycles. The number of nitrogens with zero attached hydrogens (tertiary/aromatic N) is 4. The van der Waals surface area contributed by atoms with Crippen LogP contribution >= 0.6 is 0 Å². The van der Waals surface area contributed by atoms with E-state index < -0.39 is 0 Å². The molecule has 0 saturated heterocycles. The largest absolute Gasteiger partial charge is 0.456 e. The van der Waals surface area contributed by atoms with E-state index in [0.29, 0.717) is 50.7 Å². The van der Waals surface area contributed by atoms with Gasteiger partial charge in [-0.1, -0.05) is 133 Å². The van der Waals surface area contributed by atoms with E-state index in [2.05, 4.69) is 0 Å². The molecule has 0 atom stereocenters. The fourth-order valence-electron chi connectivity index (χ4n) is 6.64. The molecule has 0 aliphatic rings. The molecule has 0 aliphatic heterocycles. The van der Waals surface area contributed by atoms with Crippen molar-refractivity contribution in [2.45, 2.75) is 0 Å². The van der Waals surface area contributed by atoms with Crippen LogP contribution in [0.15, 0.2) is 174 Å². The molecule has 0 N–H and O–H groups in total. The SMILES string of the molecule is [2H]c1cc([2H])c(-c2ccc3oc4cccc(-c5nc(-c6ccccc6)nc(-c6ccccc6)n5)c4c3c2)c(-n2c3c([2H])cc([2H])c([2H])c3c3c([2H])c([2H])cc([2H])c32)c1. The summed E-state index contributed by atoms with van der Waals surface area (Å²) < 4.78 is 78.5. The normalized spacial score (nSPS) is 13.8. The van der Waals surface area contributed by atoms with Crippen molar-refractivity contribution in [3.8, 4) is 51.0 Å². The minimum absolute atomic E-state index is 0.00127. The Kier molecular flexibility index (Phi) is 4.83. The van der Waals surface area contributed by atoms with Crippen LogP contribution in [0.1, 0.15) is 11.0 Å². The summed E-state index contributed by atoms with van der Waals surface area (Å²) in [4.78, 5) is 14.8. The lowest BCUT2D eigenvalue weighted by molar-refractivity contribution is 0.669. The molecular weight excluding hydrogens is 613 g/mol. The highest BCUT2D eigenvalue weighted by molar-refractivity contribution is 6.13. The second kappa shape index (κ2) is 11.4. The number of rotatable bonds is 5. The lowest BCUT2D eigenvalue weighted by atomic mass is 9.99. The number of benzene rings is 7. The minimum atomic E-state index is -0.245. The van der Waals surface area contributed by atoms with Crippen LogP contribution in [0.4, 0.5) is 0 Å². The molecule has 0 saturated carbocycles. The van der Waals surface area contributed by atoms with E-state index in [1.54, 1.807) is 4.57 Å². The van der Waals surface area contributed by atoms with Crippen LogP contribution in [0.3, 0.4) is 0 Å². The molecule has 5 nitrogen and oxygen atoms in total. The average Bonchev–Trinajstić information content (AvgIpc) is 3.80. The number of hydrogen-bond donors (Lipinski definition) is 0. The highest BCUT2D eigenvalue weighted by atomic mass is 16.3. The Morgan fingerprint density at radius 1 is 0.460 bits per heavy atom. The van der Waals surface area contributed by atoms with Crippen LogP contribution in [0.2, 0.25) is 0 Å². The first-order valence-electron chi connectivity index (χ1n) is 20.0. The fraction of sp³-hybridized carbons (Fsp3) is 0. The monoisotopic (exact) mass is 648 g/mol.